The second-order valence-electron chi connectivity index (χ2n) is 5.29. The molecule has 0 saturated carbocycles. The average Bonchev–Trinajstić information content (AvgIpc) is 3.07. The van der Waals surface area contributed by atoms with E-state index in [4.69, 9.17) is 0 Å². The van der Waals surface area contributed by atoms with Crippen LogP contribution in [0.3, 0.4) is 0 Å². The van der Waals surface area contributed by atoms with Crippen LogP contribution in [0, 0.1) is 5.82 Å². The quantitative estimate of drug-likeness (QED) is 0.780. The zero-order valence-electron chi connectivity index (χ0n) is 11.3. The van der Waals surface area contributed by atoms with E-state index < -0.39 is 5.82 Å². The van der Waals surface area contributed by atoms with Crippen molar-refractivity contribution in [2.45, 2.75) is 25.8 Å². The summed E-state index contributed by atoms with van der Waals surface area (Å²) in [6.45, 7) is 0.365. The second kappa shape index (κ2) is 4.51. The number of benzene rings is 1. The van der Waals surface area contributed by atoms with Gasteiger partial charge in [0.1, 0.15) is 11.3 Å². The van der Waals surface area contributed by atoms with Crippen LogP contribution in [0.4, 0.5) is 4.39 Å². The van der Waals surface area contributed by atoms with Crippen molar-refractivity contribution in [1.82, 2.24) is 19.7 Å². The van der Waals surface area contributed by atoms with Crippen molar-refractivity contribution >= 4 is 10.9 Å². The largest absolute Gasteiger partial charge is 0.293 e. The van der Waals surface area contributed by atoms with Gasteiger partial charge in [0.2, 0.25) is 0 Å². The maximum absolute atomic E-state index is 13.6. The van der Waals surface area contributed by atoms with Gasteiger partial charge in [-0.05, 0) is 37.0 Å². The van der Waals surface area contributed by atoms with Gasteiger partial charge in [-0.1, -0.05) is 6.07 Å². The Balaban J connectivity index is 1.81. The molecule has 1 aromatic carbocycles. The van der Waals surface area contributed by atoms with Crippen LogP contribution >= 0.6 is 0 Å². The molecule has 0 fully saturated rings. The molecule has 2 heterocycles. The summed E-state index contributed by atoms with van der Waals surface area (Å²) < 4.78 is 15.1. The first-order valence-electron chi connectivity index (χ1n) is 6.92. The number of aryl methyl sites for hydroxylation is 1. The van der Waals surface area contributed by atoms with Crippen molar-refractivity contribution in [2.75, 3.05) is 0 Å². The van der Waals surface area contributed by atoms with Gasteiger partial charge in [0, 0.05) is 5.69 Å². The molecule has 21 heavy (non-hydrogen) atoms. The van der Waals surface area contributed by atoms with E-state index in [2.05, 4.69) is 15.2 Å². The Morgan fingerprint density at radius 3 is 3.14 bits per heavy atom. The fourth-order valence-corrected chi connectivity index (χ4v) is 2.95. The SMILES string of the molecule is O=c1c2cccc(F)c2ncn1Cc1n[nH]c2c1CCC2. The highest BCUT2D eigenvalue weighted by molar-refractivity contribution is 5.77. The minimum atomic E-state index is -0.475. The molecule has 0 aliphatic heterocycles. The minimum absolute atomic E-state index is 0.117. The third kappa shape index (κ3) is 1.86. The molecule has 0 saturated heterocycles. The van der Waals surface area contributed by atoms with E-state index in [1.807, 2.05) is 0 Å². The van der Waals surface area contributed by atoms with Gasteiger partial charge < -0.3 is 0 Å². The monoisotopic (exact) mass is 284 g/mol. The molecule has 0 spiro atoms. The summed E-state index contributed by atoms with van der Waals surface area (Å²) in [7, 11) is 0. The molecule has 1 N–H and O–H groups in total. The van der Waals surface area contributed by atoms with Crippen molar-refractivity contribution in [1.29, 1.82) is 0 Å². The van der Waals surface area contributed by atoms with Crippen molar-refractivity contribution < 1.29 is 4.39 Å². The van der Waals surface area contributed by atoms with Crippen LogP contribution in [0.1, 0.15) is 23.4 Å². The van der Waals surface area contributed by atoms with Gasteiger partial charge in [-0.15, -0.1) is 0 Å². The van der Waals surface area contributed by atoms with Gasteiger partial charge >= 0.3 is 0 Å². The lowest BCUT2D eigenvalue weighted by atomic mass is 10.2. The third-order valence-corrected chi connectivity index (χ3v) is 4.02. The van der Waals surface area contributed by atoms with Crippen molar-refractivity contribution in [3.05, 3.63) is 57.6 Å². The molecule has 0 unspecified atom stereocenters. The van der Waals surface area contributed by atoms with E-state index in [1.165, 1.54) is 28.6 Å². The summed E-state index contributed by atoms with van der Waals surface area (Å²) in [6, 6.07) is 4.43. The minimum Gasteiger partial charge on any atom is -0.293 e. The van der Waals surface area contributed by atoms with E-state index in [1.54, 1.807) is 6.07 Å². The number of fused-ring (bicyclic) bond motifs is 2. The number of para-hydroxylation sites is 1. The van der Waals surface area contributed by atoms with Crippen LogP contribution in [0.2, 0.25) is 0 Å². The second-order valence-corrected chi connectivity index (χ2v) is 5.29. The standard InChI is InChI=1S/C15H13FN4O/c16-11-5-1-4-10-14(11)17-8-20(15(10)21)7-13-9-3-2-6-12(9)18-19-13/h1,4-5,8H,2-3,6-7H2,(H,18,19). The van der Waals surface area contributed by atoms with E-state index >= 15 is 0 Å². The highest BCUT2D eigenvalue weighted by atomic mass is 19.1. The summed E-state index contributed by atoms with van der Waals surface area (Å²) in [6.07, 6.45) is 4.51. The van der Waals surface area contributed by atoms with E-state index in [-0.39, 0.29) is 11.1 Å². The van der Waals surface area contributed by atoms with Gasteiger partial charge in [-0.25, -0.2) is 9.37 Å². The van der Waals surface area contributed by atoms with Crippen molar-refractivity contribution in [2.24, 2.45) is 0 Å². The maximum atomic E-state index is 13.6. The first kappa shape index (κ1) is 12.3. The average molecular weight is 284 g/mol. The number of H-pyrrole nitrogens is 1. The lowest BCUT2D eigenvalue weighted by Crippen LogP contribution is -2.22. The predicted molar refractivity (Wildman–Crippen MR) is 75.7 cm³/mol. The Labute approximate surface area is 119 Å². The fraction of sp³-hybridized carbons (Fsp3) is 0.267. The number of aromatic nitrogens is 4. The van der Waals surface area contributed by atoms with Crippen LogP contribution in [0.5, 0.6) is 0 Å². The Hall–Kier alpha value is -2.50. The molecular weight excluding hydrogens is 271 g/mol. The summed E-state index contributed by atoms with van der Waals surface area (Å²) >= 11 is 0. The number of aromatic amines is 1. The Bertz CT molecular complexity index is 896. The molecule has 1 aliphatic rings. The first-order valence-corrected chi connectivity index (χ1v) is 6.92. The number of hydrogen-bond donors (Lipinski definition) is 1. The lowest BCUT2D eigenvalue weighted by Gasteiger charge is -2.06. The third-order valence-electron chi connectivity index (χ3n) is 4.02. The van der Waals surface area contributed by atoms with Crippen LogP contribution < -0.4 is 5.56 Å². The zero-order chi connectivity index (χ0) is 14.4. The van der Waals surface area contributed by atoms with Crippen LogP contribution in [-0.4, -0.2) is 19.7 Å². The number of nitrogens with one attached hydrogen (secondary N) is 1. The van der Waals surface area contributed by atoms with Crippen LogP contribution in [-0.2, 0) is 19.4 Å². The number of hydrogen-bond acceptors (Lipinski definition) is 3. The zero-order valence-corrected chi connectivity index (χ0v) is 11.3. The molecule has 4 rings (SSSR count). The number of halogens is 1. The summed E-state index contributed by atoms with van der Waals surface area (Å²) in [5.74, 6) is -0.475. The molecule has 2 aromatic heterocycles. The molecule has 0 bridgehead atoms. The van der Waals surface area contributed by atoms with E-state index in [9.17, 15) is 9.18 Å². The maximum Gasteiger partial charge on any atom is 0.261 e. The van der Waals surface area contributed by atoms with Crippen LogP contribution in [0.15, 0.2) is 29.3 Å². The Morgan fingerprint density at radius 1 is 1.33 bits per heavy atom. The highest BCUT2D eigenvalue weighted by Crippen LogP contribution is 2.23. The number of rotatable bonds is 2. The Kier molecular flexibility index (Phi) is 2.63. The summed E-state index contributed by atoms with van der Waals surface area (Å²) in [4.78, 5) is 16.5. The first-order chi connectivity index (χ1) is 10.2. The molecule has 6 heteroatoms. The van der Waals surface area contributed by atoms with Gasteiger partial charge in [0.25, 0.3) is 5.56 Å². The predicted octanol–water partition coefficient (Wildman–Crippen LogP) is 1.80. The van der Waals surface area contributed by atoms with Crippen molar-refractivity contribution in [3.63, 3.8) is 0 Å². The highest BCUT2D eigenvalue weighted by Gasteiger charge is 2.19. The van der Waals surface area contributed by atoms with Gasteiger partial charge in [-0.2, -0.15) is 5.10 Å². The molecule has 0 atom stereocenters. The molecule has 106 valence electrons. The van der Waals surface area contributed by atoms with Gasteiger partial charge in [-0.3, -0.25) is 14.5 Å². The Morgan fingerprint density at radius 2 is 2.24 bits per heavy atom. The smallest absolute Gasteiger partial charge is 0.261 e. The molecule has 5 nitrogen and oxygen atoms in total. The van der Waals surface area contributed by atoms with Crippen molar-refractivity contribution in [3.8, 4) is 0 Å². The van der Waals surface area contributed by atoms with E-state index in [0.29, 0.717) is 11.9 Å². The van der Waals surface area contributed by atoms with Gasteiger partial charge in [0.15, 0.2) is 0 Å². The molecular formula is C15H13FN4O. The fourth-order valence-electron chi connectivity index (χ4n) is 2.95. The topological polar surface area (TPSA) is 63.6 Å². The lowest BCUT2D eigenvalue weighted by molar-refractivity contribution is 0.633. The molecule has 3 aromatic rings. The van der Waals surface area contributed by atoms with Gasteiger partial charge in [0.05, 0.1) is 24.0 Å². The summed E-state index contributed by atoms with van der Waals surface area (Å²) in [5, 5.41) is 7.61. The van der Waals surface area contributed by atoms with E-state index in [0.717, 1.165) is 30.7 Å². The van der Waals surface area contributed by atoms with Crippen LogP contribution in [0.25, 0.3) is 10.9 Å². The summed E-state index contributed by atoms with van der Waals surface area (Å²) in [5.41, 5.74) is 3.13. The number of nitrogens with zero attached hydrogens (tertiary/aromatic N) is 3. The molecule has 1 aliphatic carbocycles. The molecule has 0 amide bonds. The molecule has 0 radical (unpaired) electrons. The normalized spacial score (nSPS) is 13.8.